The Morgan fingerprint density at radius 2 is 1.63 bits per heavy atom. The number of fused-ring (bicyclic) bond motifs is 1. The number of carbonyl (C=O) groups excluding carboxylic acids is 1. The molecule has 0 aliphatic rings. The van der Waals surface area contributed by atoms with Crippen LogP contribution >= 0.6 is 11.6 Å². The molecular weight excluding hydrogens is 504 g/mol. The molecule has 0 bridgehead atoms. The zero-order valence-corrected chi connectivity index (χ0v) is 23.1. The Hall–Kier alpha value is -3.71. The third-order valence-electron chi connectivity index (χ3n) is 6.23. The van der Waals surface area contributed by atoms with E-state index in [-0.39, 0.29) is 5.91 Å². The van der Waals surface area contributed by atoms with Crippen LogP contribution in [-0.2, 0) is 0 Å². The van der Waals surface area contributed by atoms with Crippen LogP contribution in [0.5, 0.6) is 17.2 Å². The first-order valence-electron chi connectivity index (χ1n) is 13.0. The topological polar surface area (TPSA) is 82.8 Å². The van der Waals surface area contributed by atoms with Crippen molar-refractivity contribution in [3.63, 3.8) is 0 Å². The summed E-state index contributed by atoms with van der Waals surface area (Å²) in [6.07, 6.45) is 1.04. The molecule has 0 fully saturated rings. The molecule has 0 spiro atoms. The van der Waals surface area contributed by atoms with Crippen molar-refractivity contribution in [1.82, 2.24) is 4.98 Å². The largest absolute Gasteiger partial charge is 0.490 e. The molecule has 1 atom stereocenters. The molecule has 3 aromatic carbocycles. The highest BCUT2D eigenvalue weighted by Crippen LogP contribution is 2.40. The quantitative estimate of drug-likeness (QED) is 0.208. The SMILES string of the molecule is CCOc1cc(C(=O)Nc2cc(-c3nc4cc([C@H](C)CC)ccc4o3)ccc2Cl)cc(OCC)c1OCC. The second-order valence-electron chi connectivity index (χ2n) is 8.80. The highest BCUT2D eigenvalue weighted by atomic mass is 35.5. The number of hydrogen-bond acceptors (Lipinski definition) is 6. The van der Waals surface area contributed by atoms with Gasteiger partial charge >= 0.3 is 0 Å². The summed E-state index contributed by atoms with van der Waals surface area (Å²) in [6.45, 7) is 11.2. The molecule has 1 heterocycles. The van der Waals surface area contributed by atoms with Gasteiger partial charge in [0.05, 0.1) is 30.5 Å². The van der Waals surface area contributed by atoms with Gasteiger partial charge in [-0.1, -0.05) is 31.5 Å². The Morgan fingerprint density at radius 3 is 2.26 bits per heavy atom. The van der Waals surface area contributed by atoms with Crippen LogP contribution in [0.1, 0.15) is 62.9 Å². The van der Waals surface area contributed by atoms with E-state index in [2.05, 4.69) is 31.3 Å². The zero-order valence-electron chi connectivity index (χ0n) is 22.4. The summed E-state index contributed by atoms with van der Waals surface area (Å²) in [7, 11) is 0. The number of oxazole rings is 1. The van der Waals surface area contributed by atoms with Crippen molar-refractivity contribution in [2.75, 3.05) is 25.1 Å². The lowest BCUT2D eigenvalue weighted by atomic mass is 9.98. The molecule has 0 radical (unpaired) electrons. The van der Waals surface area contributed by atoms with Crippen LogP contribution in [0, 0.1) is 0 Å². The van der Waals surface area contributed by atoms with Gasteiger partial charge in [0, 0.05) is 11.1 Å². The van der Waals surface area contributed by atoms with E-state index in [1.54, 1.807) is 24.3 Å². The van der Waals surface area contributed by atoms with Gasteiger partial charge in [-0.2, -0.15) is 0 Å². The molecule has 0 aliphatic carbocycles. The predicted octanol–water partition coefficient (Wildman–Crippen LogP) is 8.11. The smallest absolute Gasteiger partial charge is 0.255 e. The summed E-state index contributed by atoms with van der Waals surface area (Å²) in [4.78, 5) is 18.0. The number of benzene rings is 3. The molecule has 0 saturated heterocycles. The maximum Gasteiger partial charge on any atom is 0.255 e. The predicted molar refractivity (Wildman–Crippen MR) is 151 cm³/mol. The second-order valence-corrected chi connectivity index (χ2v) is 9.21. The number of anilines is 1. The van der Waals surface area contributed by atoms with E-state index in [9.17, 15) is 4.79 Å². The fraction of sp³-hybridized carbons (Fsp3) is 0.333. The zero-order chi connectivity index (χ0) is 27.2. The van der Waals surface area contributed by atoms with E-state index in [1.165, 1.54) is 5.56 Å². The minimum Gasteiger partial charge on any atom is -0.490 e. The number of rotatable bonds is 11. The molecule has 4 rings (SSSR count). The highest BCUT2D eigenvalue weighted by molar-refractivity contribution is 6.34. The van der Waals surface area contributed by atoms with Gasteiger partial charge in [0.2, 0.25) is 11.6 Å². The molecule has 38 heavy (non-hydrogen) atoms. The summed E-state index contributed by atoms with van der Waals surface area (Å²) in [5.41, 5.74) is 4.19. The summed E-state index contributed by atoms with van der Waals surface area (Å²) in [5.74, 6) is 1.87. The molecule has 0 saturated carbocycles. The van der Waals surface area contributed by atoms with Crippen molar-refractivity contribution in [1.29, 1.82) is 0 Å². The monoisotopic (exact) mass is 536 g/mol. The second kappa shape index (κ2) is 12.2. The molecular formula is C30H33ClN2O5. The van der Waals surface area contributed by atoms with Crippen molar-refractivity contribution >= 4 is 34.3 Å². The van der Waals surface area contributed by atoms with Crippen LogP contribution in [0.4, 0.5) is 5.69 Å². The number of hydrogen-bond donors (Lipinski definition) is 1. The van der Waals surface area contributed by atoms with E-state index in [4.69, 9.17) is 35.2 Å². The molecule has 0 unspecified atom stereocenters. The Bertz CT molecular complexity index is 1400. The summed E-state index contributed by atoms with van der Waals surface area (Å²) < 4.78 is 23.2. The maximum absolute atomic E-state index is 13.3. The average molecular weight is 537 g/mol. The summed E-state index contributed by atoms with van der Waals surface area (Å²) in [6, 6.07) is 14.6. The highest BCUT2D eigenvalue weighted by Gasteiger charge is 2.20. The minimum atomic E-state index is -0.371. The van der Waals surface area contributed by atoms with Crippen LogP contribution in [0.3, 0.4) is 0 Å². The van der Waals surface area contributed by atoms with Crippen molar-refractivity contribution in [2.45, 2.75) is 47.0 Å². The fourth-order valence-electron chi connectivity index (χ4n) is 4.08. The van der Waals surface area contributed by atoms with Crippen LogP contribution in [0.15, 0.2) is 52.9 Å². The summed E-state index contributed by atoms with van der Waals surface area (Å²) in [5, 5.41) is 3.29. The van der Waals surface area contributed by atoms with E-state index < -0.39 is 0 Å². The standard InChI is InChI=1S/C30H33ClN2O5/c1-6-18(5)19-11-13-25-24(14-19)33-30(38-25)20-10-12-22(31)23(15-20)32-29(34)21-16-26(35-7-2)28(37-9-4)27(17-21)36-8-3/h10-18H,6-9H2,1-5H3,(H,32,34)/t18-/m1/s1. The Morgan fingerprint density at radius 1 is 0.947 bits per heavy atom. The first-order valence-corrected chi connectivity index (χ1v) is 13.3. The van der Waals surface area contributed by atoms with Crippen LogP contribution < -0.4 is 19.5 Å². The van der Waals surface area contributed by atoms with Gasteiger partial charge in [0.1, 0.15) is 5.52 Å². The van der Waals surface area contributed by atoms with Gasteiger partial charge in [-0.15, -0.1) is 0 Å². The Labute approximate surface area is 228 Å². The van der Waals surface area contributed by atoms with Crippen LogP contribution in [0.2, 0.25) is 5.02 Å². The number of aromatic nitrogens is 1. The van der Waals surface area contributed by atoms with Crippen molar-refractivity contribution in [3.05, 3.63) is 64.7 Å². The van der Waals surface area contributed by atoms with E-state index >= 15 is 0 Å². The molecule has 0 aliphatic heterocycles. The van der Waals surface area contributed by atoms with Crippen molar-refractivity contribution in [2.24, 2.45) is 0 Å². The number of amides is 1. The third kappa shape index (κ3) is 5.89. The number of ether oxygens (including phenoxy) is 3. The average Bonchev–Trinajstić information content (AvgIpc) is 3.35. The number of carbonyl (C=O) groups is 1. The van der Waals surface area contributed by atoms with Gasteiger partial charge < -0.3 is 23.9 Å². The van der Waals surface area contributed by atoms with E-state index in [0.717, 1.165) is 11.9 Å². The minimum absolute atomic E-state index is 0.348. The lowest BCUT2D eigenvalue weighted by Crippen LogP contribution is -2.13. The normalized spacial score (nSPS) is 11.8. The molecule has 8 heteroatoms. The fourth-order valence-corrected chi connectivity index (χ4v) is 4.24. The number of nitrogens with one attached hydrogen (secondary N) is 1. The molecule has 4 aromatic rings. The van der Waals surface area contributed by atoms with E-state index in [0.29, 0.717) is 76.3 Å². The van der Waals surface area contributed by atoms with Gasteiger partial charge in [-0.05, 0) is 81.1 Å². The molecule has 1 aromatic heterocycles. The Balaban J connectivity index is 1.65. The third-order valence-corrected chi connectivity index (χ3v) is 6.56. The first kappa shape index (κ1) is 27.3. The Kier molecular flexibility index (Phi) is 8.79. The van der Waals surface area contributed by atoms with Gasteiger partial charge in [0.15, 0.2) is 17.1 Å². The van der Waals surface area contributed by atoms with Gasteiger partial charge in [-0.3, -0.25) is 4.79 Å². The number of halogens is 1. The van der Waals surface area contributed by atoms with E-state index in [1.807, 2.05) is 32.9 Å². The number of nitrogens with zero attached hydrogens (tertiary/aromatic N) is 1. The van der Waals surface area contributed by atoms with Crippen LogP contribution in [-0.4, -0.2) is 30.7 Å². The van der Waals surface area contributed by atoms with Gasteiger partial charge in [-0.25, -0.2) is 4.98 Å². The first-order chi connectivity index (χ1) is 18.4. The molecule has 1 N–H and O–H groups in total. The lowest BCUT2D eigenvalue weighted by molar-refractivity contribution is 0.102. The van der Waals surface area contributed by atoms with Gasteiger partial charge in [0.25, 0.3) is 5.91 Å². The summed E-state index contributed by atoms with van der Waals surface area (Å²) >= 11 is 6.46. The lowest BCUT2D eigenvalue weighted by Gasteiger charge is -2.17. The van der Waals surface area contributed by atoms with Crippen molar-refractivity contribution in [3.8, 4) is 28.7 Å². The molecule has 200 valence electrons. The van der Waals surface area contributed by atoms with Crippen molar-refractivity contribution < 1.29 is 23.4 Å². The molecule has 1 amide bonds. The maximum atomic E-state index is 13.3. The van der Waals surface area contributed by atoms with Crippen LogP contribution in [0.25, 0.3) is 22.6 Å². The molecule has 7 nitrogen and oxygen atoms in total.